The van der Waals surface area contributed by atoms with Crippen molar-refractivity contribution < 1.29 is 13.5 Å². The lowest BCUT2D eigenvalue weighted by Crippen LogP contribution is -2.43. The maximum atomic E-state index is 12.9. The maximum absolute atomic E-state index is 12.9. The van der Waals surface area contributed by atoms with Gasteiger partial charge in [-0.1, -0.05) is 39.8 Å². The third-order valence-electron chi connectivity index (χ3n) is 4.15. The van der Waals surface area contributed by atoms with Crippen LogP contribution in [0.5, 0.6) is 0 Å². The normalized spacial score (nSPS) is 14.5. The second kappa shape index (κ2) is 6.46. The quantitative estimate of drug-likeness (QED) is 0.909. The smallest absolute Gasteiger partial charge is 0.243 e. The van der Waals surface area contributed by atoms with Crippen LogP contribution < -0.4 is 0 Å². The standard InChI is InChI=1S/C16H27NO3S/c1-7-14-9-8-13(11-18)10-15(14)21(19,20)17(6)12(2)16(3,4)5/h8-10,12,18H,7,11H2,1-6H3. The van der Waals surface area contributed by atoms with Gasteiger partial charge in [0, 0.05) is 13.1 Å². The van der Waals surface area contributed by atoms with E-state index in [1.807, 2.05) is 34.6 Å². The van der Waals surface area contributed by atoms with Crippen molar-refractivity contribution >= 4 is 10.0 Å². The Bertz CT molecular complexity index is 588. The summed E-state index contributed by atoms with van der Waals surface area (Å²) < 4.78 is 27.3. The van der Waals surface area contributed by atoms with Gasteiger partial charge in [0.15, 0.2) is 0 Å². The van der Waals surface area contributed by atoms with E-state index < -0.39 is 10.0 Å². The van der Waals surface area contributed by atoms with Gasteiger partial charge < -0.3 is 5.11 Å². The minimum Gasteiger partial charge on any atom is -0.392 e. The van der Waals surface area contributed by atoms with Crippen LogP contribution in [0.15, 0.2) is 23.1 Å². The molecule has 0 aliphatic rings. The molecule has 0 aliphatic carbocycles. The number of nitrogens with zero attached hydrogens (tertiary/aromatic N) is 1. The molecule has 0 saturated carbocycles. The molecule has 0 radical (unpaired) electrons. The van der Waals surface area contributed by atoms with Gasteiger partial charge in [-0.2, -0.15) is 4.31 Å². The Morgan fingerprint density at radius 1 is 1.29 bits per heavy atom. The Morgan fingerprint density at radius 2 is 1.86 bits per heavy atom. The zero-order valence-electron chi connectivity index (χ0n) is 13.8. The molecule has 1 rings (SSSR count). The zero-order chi connectivity index (χ0) is 16.4. The predicted octanol–water partition coefficient (Wildman–Crippen LogP) is 2.80. The van der Waals surface area contributed by atoms with Crippen LogP contribution in [-0.4, -0.2) is 30.9 Å². The van der Waals surface area contributed by atoms with Gasteiger partial charge >= 0.3 is 0 Å². The Balaban J connectivity index is 3.36. The maximum Gasteiger partial charge on any atom is 0.243 e. The summed E-state index contributed by atoms with van der Waals surface area (Å²) >= 11 is 0. The summed E-state index contributed by atoms with van der Waals surface area (Å²) in [5.41, 5.74) is 1.24. The van der Waals surface area contributed by atoms with Gasteiger partial charge in [0.2, 0.25) is 10.0 Å². The fourth-order valence-corrected chi connectivity index (χ4v) is 4.03. The molecule has 0 heterocycles. The van der Waals surface area contributed by atoms with Crippen LogP contribution in [0.3, 0.4) is 0 Å². The molecule has 5 heteroatoms. The lowest BCUT2D eigenvalue weighted by molar-refractivity contribution is 0.216. The van der Waals surface area contributed by atoms with Gasteiger partial charge in [-0.05, 0) is 36.0 Å². The van der Waals surface area contributed by atoms with E-state index in [0.717, 1.165) is 5.56 Å². The van der Waals surface area contributed by atoms with E-state index in [1.54, 1.807) is 25.2 Å². The van der Waals surface area contributed by atoms with Crippen LogP contribution in [0, 0.1) is 5.41 Å². The van der Waals surface area contributed by atoms with E-state index >= 15 is 0 Å². The second-order valence-corrected chi connectivity index (χ2v) is 8.48. The van der Waals surface area contributed by atoms with Gasteiger partial charge in [0.05, 0.1) is 11.5 Å². The summed E-state index contributed by atoms with van der Waals surface area (Å²) in [6.07, 6.45) is 0.637. The Hall–Kier alpha value is -0.910. The number of rotatable bonds is 5. The molecule has 0 spiro atoms. The number of sulfonamides is 1. The molecule has 0 bridgehead atoms. The molecule has 0 saturated heterocycles. The number of hydrogen-bond donors (Lipinski definition) is 1. The summed E-state index contributed by atoms with van der Waals surface area (Å²) in [5.74, 6) is 0. The highest BCUT2D eigenvalue weighted by atomic mass is 32.2. The van der Waals surface area contributed by atoms with Gasteiger partial charge in [0.25, 0.3) is 0 Å². The van der Waals surface area contributed by atoms with Crippen molar-refractivity contribution in [1.29, 1.82) is 0 Å². The Kier molecular flexibility index (Phi) is 5.58. The molecule has 1 N–H and O–H groups in total. The molecule has 1 aromatic carbocycles. The van der Waals surface area contributed by atoms with Gasteiger partial charge in [-0.15, -0.1) is 0 Å². The first-order valence-corrected chi connectivity index (χ1v) is 8.70. The van der Waals surface area contributed by atoms with Crippen LogP contribution in [0.25, 0.3) is 0 Å². The molecular formula is C16H27NO3S. The molecule has 1 unspecified atom stereocenters. The van der Waals surface area contributed by atoms with Crippen molar-refractivity contribution in [3.8, 4) is 0 Å². The fraction of sp³-hybridized carbons (Fsp3) is 0.625. The van der Waals surface area contributed by atoms with Crippen molar-refractivity contribution in [2.24, 2.45) is 5.41 Å². The first-order valence-electron chi connectivity index (χ1n) is 7.26. The second-order valence-electron chi connectivity index (χ2n) is 6.52. The number of benzene rings is 1. The fourth-order valence-electron chi connectivity index (χ4n) is 2.14. The molecule has 0 aromatic heterocycles. The van der Waals surface area contributed by atoms with Crippen LogP contribution >= 0.6 is 0 Å². The van der Waals surface area contributed by atoms with Crippen LogP contribution in [0.4, 0.5) is 0 Å². The summed E-state index contributed by atoms with van der Waals surface area (Å²) in [4.78, 5) is 0.301. The molecule has 4 nitrogen and oxygen atoms in total. The SMILES string of the molecule is CCc1ccc(CO)cc1S(=O)(=O)N(C)C(C)C(C)(C)C. The van der Waals surface area contributed by atoms with Crippen LogP contribution in [0.1, 0.15) is 45.7 Å². The summed E-state index contributed by atoms with van der Waals surface area (Å²) in [5, 5.41) is 9.26. The van der Waals surface area contributed by atoms with Crippen LogP contribution in [-0.2, 0) is 23.1 Å². The first-order chi connectivity index (χ1) is 9.55. The van der Waals surface area contributed by atoms with Crippen molar-refractivity contribution in [2.75, 3.05) is 7.05 Å². The van der Waals surface area contributed by atoms with Crippen LogP contribution in [0.2, 0.25) is 0 Å². The number of hydrogen-bond acceptors (Lipinski definition) is 3. The lowest BCUT2D eigenvalue weighted by Gasteiger charge is -2.35. The molecular weight excluding hydrogens is 286 g/mol. The summed E-state index contributed by atoms with van der Waals surface area (Å²) in [6, 6.07) is 5.00. The van der Waals surface area contributed by atoms with Crippen molar-refractivity contribution in [1.82, 2.24) is 4.31 Å². The average Bonchev–Trinajstić information content (AvgIpc) is 2.43. The van der Waals surface area contributed by atoms with Gasteiger partial charge in [0.1, 0.15) is 0 Å². The largest absolute Gasteiger partial charge is 0.392 e. The third kappa shape index (κ3) is 3.84. The predicted molar refractivity (Wildman–Crippen MR) is 85.6 cm³/mol. The van der Waals surface area contributed by atoms with Crippen molar-refractivity contribution in [3.63, 3.8) is 0 Å². The first kappa shape index (κ1) is 18.1. The summed E-state index contributed by atoms with van der Waals surface area (Å²) in [7, 11) is -1.95. The average molecular weight is 313 g/mol. The molecule has 0 aliphatic heterocycles. The van der Waals surface area contributed by atoms with E-state index in [9.17, 15) is 13.5 Å². The monoisotopic (exact) mass is 313 g/mol. The molecule has 0 fully saturated rings. The van der Waals surface area contributed by atoms with Gasteiger partial charge in [-0.25, -0.2) is 8.42 Å². The highest BCUT2D eigenvalue weighted by Crippen LogP contribution is 2.29. The molecule has 0 amide bonds. The molecule has 120 valence electrons. The lowest BCUT2D eigenvalue weighted by atomic mass is 9.88. The van der Waals surface area contributed by atoms with E-state index in [0.29, 0.717) is 16.9 Å². The zero-order valence-corrected chi connectivity index (χ0v) is 14.7. The van der Waals surface area contributed by atoms with E-state index in [4.69, 9.17) is 0 Å². The highest BCUT2D eigenvalue weighted by Gasteiger charge is 2.33. The minimum absolute atomic E-state index is 0.134. The number of aliphatic hydroxyl groups is 1. The van der Waals surface area contributed by atoms with E-state index in [2.05, 4.69) is 0 Å². The Labute approximate surface area is 128 Å². The molecule has 1 aromatic rings. The van der Waals surface area contributed by atoms with Crippen molar-refractivity contribution in [3.05, 3.63) is 29.3 Å². The Morgan fingerprint density at radius 3 is 2.29 bits per heavy atom. The van der Waals surface area contributed by atoms with E-state index in [1.165, 1.54) is 4.31 Å². The number of aryl methyl sites for hydroxylation is 1. The van der Waals surface area contributed by atoms with E-state index in [-0.39, 0.29) is 18.1 Å². The van der Waals surface area contributed by atoms with Crippen molar-refractivity contribution in [2.45, 2.75) is 58.6 Å². The minimum atomic E-state index is -3.57. The topological polar surface area (TPSA) is 57.6 Å². The van der Waals surface area contributed by atoms with Gasteiger partial charge in [-0.3, -0.25) is 0 Å². The summed E-state index contributed by atoms with van der Waals surface area (Å²) in [6.45, 7) is 9.75. The third-order valence-corrected chi connectivity index (χ3v) is 6.16. The highest BCUT2D eigenvalue weighted by molar-refractivity contribution is 7.89. The molecule has 1 atom stereocenters. The number of aliphatic hydroxyl groups excluding tert-OH is 1. The molecule has 21 heavy (non-hydrogen) atoms.